The minimum Gasteiger partial charge on any atom is -0.496 e. The van der Waals surface area contributed by atoms with E-state index in [-0.39, 0.29) is 11.3 Å². The molecule has 51 heavy (non-hydrogen) atoms. The van der Waals surface area contributed by atoms with Crippen LogP contribution < -0.4 is 14.8 Å². The standard InChI is InChI=1S/C37H33F2N7O5/c1-20-24(25-7-5-9-30-26(25)16-41-46(30)23-13-31(50-2)27(19-47)32(14-23)51-3)6-4-8-28(20)42-35-33-29(43-36(44-35)34(38)39)12-21(15-40-33)17-45-11-10-22(18-45)37(48)49/h4-9,12-16,19,22,34H,10-11,17-18H2,1-3H3,(H,48,49)(H,42,43,44)/t22-/m1/s1. The van der Waals surface area contributed by atoms with E-state index in [1.165, 1.54) is 14.2 Å². The molecule has 7 rings (SSSR count). The van der Waals surface area contributed by atoms with Crippen molar-refractivity contribution in [3.05, 3.63) is 89.5 Å². The average Bonchev–Trinajstić information content (AvgIpc) is 3.79. The molecule has 1 saturated heterocycles. The number of carbonyl (C=O) groups is 2. The first-order valence-corrected chi connectivity index (χ1v) is 16.1. The number of pyridine rings is 1. The van der Waals surface area contributed by atoms with Gasteiger partial charge in [0.25, 0.3) is 6.43 Å². The van der Waals surface area contributed by atoms with Crippen molar-refractivity contribution in [2.75, 3.05) is 32.6 Å². The lowest BCUT2D eigenvalue weighted by molar-refractivity contribution is -0.141. The Morgan fingerprint density at radius 3 is 2.49 bits per heavy atom. The van der Waals surface area contributed by atoms with E-state index in [1.807, 2.05) is 48.2 Å². The highest BCUT2D eigenvalue weighted by Crippen LogP contribution is 2.37. The Kier molecular flexibility index (Phi) is 9.00. The number of alkyl halides is 2. The first kappa shape index (κ1) is 33.5. The van der Waals surface area contributed by atoms with Gasteiger partial charge in [-0.15, -0.1) is 0 Å². The number of halogens is 2. The summed E-state index contributed by atoms with van der Waals surface area (Å²) in [6.45, 7) is 3.39. The number of methoxy groups -OCH3 is 2. The lowest BCUT2D eigenvalue weighted by Crippen LogP contribution is -2.22. The molecule has 3 aromatic carbocycles. The maximum atomic E-state index is 14.0. The number of aldehydes is 1. The maximum Gasteiger partial charge on any atom is 0.307 e. The molecule has 260 valence electrons. The van der Waals surface area contributed by atoms with Crippen molar-refractivity contribution in [3.8, 4) is 28.3 Å². The van der Waals surface area contributed by atoms with E-state index in [2.05, 4.69) is 25.4 Å². The molecule has 4 heterocycles. The van der Waals surface area contributed by atoms with Gasteiger partial charge in [0.1, 0.15) is 17.0 Å². The highest BCUT2D eigenvalue weighted by atomic mass is 19.3. The number of nitrogens with zero attached hydrogens (tertiary/aromatic N) is 6. The van der Waals surface area contributed by atoms with Crippen molar-refractivity contribution in [2.24, 2.45) is 5.92 Å². The normalized spacial score (nSPS) is 14.7. The lowest BCUT2D eigenvalue weighted by Gasteiger charge is -2.17. The third-order valence-corrected chi connectivity index (χ3v) is 9.21. The Balaban J connectivity index is 1.24. The number of aromatic nitrogens is 5. The van der Waals surface area contributed by atoms with E-state index in [9.17, 15) is 23.5 Å². The summed E-state index contributed by atoms with van der Waals surface area (Å²) in [7, 11) is 2.96. The molecular weight excluding hydrogens is 660 g/mol. The summed E-state index contributed by atoms with van der Waals surface area (Å²) < 4.78 is 40.7. The van der Waals surface area contributed by atoms with E-state index < -0.39 is 24.1 Å². The van der Waals surface area contributed by atoms with E-state index in [1.54, 1.807) is 35.3 Å². The van der Waals surface area contributed by atoms with Crippen LogP contribution >= 0.6 is 0 Å². The predicted octanol–water partition coefficient (Wildman–Crippen LogP) is 6.76. The third kappa shape index (κ3) is 6.29. The summed E-state index contributed by atoms with van der Waals surface area (Å²) in [5.41, 5.74) is 6.29. The molecule has 1 aliphatic heterocycles. The largest absolute Gasteiger partial charge is 0.496 e. The number of hydrogen-bond donors (Lipinski definition) is 2. The van der Waals surface area contributed by atoms with Crippen LogP contribution in [0.1, 0.15) is 40.2 Å². The molecule has 0 radical (unpaired) electrons. The van der Waals surface area contributed by atoms with Gasteiger partial charge >= 0.3 is 5.97 Å². The molecule has 1 aliphatic rings. The van der Waals surface area contributed by atoms with Crippen LogP contribution in [0.2, 0.25) is 0 Å². The second-order valence-electron chi connectivity index (χ2n) is 12.3. The van der Waals surface area contributed by atoms with Crippen LogP contribution in [0, 0.1) is 12.8 Å². The van der Waals surface area contributed by atoms with Gasteiger partial charge in [-0.05, 0) is 60.3 Å². The molecule has 0 saturated carbocycles. The molecule has 14 heteroatoms. The molecule has 12 nitrogen and oxygen atoms in total. The van der Waals surface area contributed by atoms with Gasteiger partial charge < -0.3 is 19.9 Å². The second kappa shape index (κ2) is 13.7. The Morgan fingerprint density at radius 2 is 1.80 bits per heavy atom. The fourth-order valence-electron chi connectivity index (χ4n) is 6.63. The van der Waals surface area contributed by atoms with Crippen molar-refractivity contribution >= 4 is 45.7 Å². The Bertz CT molecular complexity index is 2290. The molecule has 0 bridgehead atoms. The molecule has 2 N–H and O–H groups in total. The van der Waals surface area contributed by atoms with Crippen LogP contribution in [-0.2, 0) is 11.3 Å². The zero-order valence-electron chi connectivity index (χ0n) is 27.9. The molecule has 0 unspecified atom stereocenters. The monoisotopic (exact) mass is 693 g/mol. The third-order valence-electron chi connectivity index (χ3n) is 9.21. The number of carboxylic acids is 1. The van der Waals surface area contributed by atoms with Crippen LogP contribution in [0.25, 0.3) is 38.8 Å². The number of anilines is 2. The smallest absolute Gasteiger partial charge is 0.307 e. The lowest BCUT2D eigenvalue weighted by atomic mass is 9.96. The van der Waals surface area contributed by atoms with Crippen molar-refractivity contribution in [1.82, 2.24) is 29.6 Å². The topological polar surface area (TPSA) is 145 Å². The zero-order valence-corrected chi connectivity index (χ0v) is 27.9. The fraction of sp³-hybridized carbons (Fsp3) is 0.243. The average molecular weight is 694 g/mol. The number of carboxylic acid groups (broad SMARTS) is 1. The molecule has 0 aliphatic carbocycles. The van der Waals surface area contributed by atoms with E-state index >= 15 is 0 Å². The van der Waals surface area contributed by atoms with Gasteiger partial charge in [0.05, 0.1) is 48.6 Å². The summed E-state index contributed by atoms with van der Waals surface area (Å²) in [6, 6.07) is 16.7. The van der Waals surface area contributed by atoms with Crippen LogP contribution in [0.3, 0.4) is 0 Å². The maximum absolute atomic E-state index is 14.0. The summed E-state index contributed by atoms with van der Waals surface area (Å²) in [5.74, 6) is -1.04. The molecule has 0 spiro atoms. The molecule has 6 aromatic rings. The van der Waals surface area contributed by atoms with E-state index in [0.29, 0.717) is 66.3 Å². The summed E-state index contributed by atoms with van der Waals surface area (Å²) in [4.78, 5) is 38.0. The highest BCUT2D eigenvalue weighted by molar-refractivity contribution is 5.98. The van der Waals surface area contributed by atoms with Gasteiger partial charge in [0.2, 0.25) is 0 Å². The van der Waals surface area contributed by atoms with Gasteiger partial charge in [-0.3, -0.25) is 19.5 Å². The van der Waals surface area contributed by atoms with Gasteiger partial charge in [0, 0.05) is 42.5 Å². The van der Waals surface area contributed by atoms with E-state index in [4.69, 9.17) is 9.47 Å². The van der Waals surface area contributed by atoms with E-state index in [0.717, 1.165) is 33.2 Å². The first-order chi connectivity index (χ1) is 24.7. The Hall–Kier alpha value is -6.02. The summed E-state index contributed by atoms with van der Waals surface area (Å²) >= 11 is 0. The number of fused-ring (bicyclic) bond motifs is 2. The Morgan fingerprint density at radius 1 is 1.06 bits per heavy atom. The summed E-state index contributed by atoms with van der Waals surface area (Å²) in [6.07, 6.45) is 1.73. The van der Waals surface area contributed by atoms with Crippen LogP contribution in [-0.4, -0.2) is 74.3 Å². The molecule has 3 aromatic heterocycles. The van der Waals surface area contributed by atoms with Crippen molar-refractivity contribution in [3.63, 3.8) is 0 Å². The first-order valence-electron chi connectivity index (χ1n) is 16.1. The molecule has 0 amide bonds. The molecule has 1 fully saturated rings. The quantitative estimate of drug-likeness (QED) is 0.139. The minimum atomic E-state index is -2.91. The Labute approximate surface area is 290 Å². The molecule has 1 atom stereocenters. The summed E-state index contributed by atoms with van der Waals surface area (Å²) in [5, 5.41) is 18.1. The van der Waals surface area contributed by atoms with Gasteiger partial charge in [-0.1, -0.05) is 24.3 Å². The van der Waals surface area contributed by atoms with Crippen LogP contribution in [0.15, 0.2) is 67.0 Å². The zero-order chi connectivity index (χ0) is 35.8. The number of aliphatic carboxylic acids is 1. The highest BCUT2D eigenvalue weighted by Gasteiger charge is 2.28. The number of nitrogens with one attached hydrogen (secondary N) is 1. The van der Waals surface area contributed by atoms with Crippen LogP contribution in [0.4, 0.5) is 20.3 Å². The van der Waals surface area contributed by atoms with Gasteiger partial charge in [-0.2, -0.15) is 5.10 Å². The fourth-order valence-corrected chi connectivity index (χ4v) is 6.63. The number of carbonyl (C=O) groups excluding carboxylic acids is 1. The molecular formula is C37H33F2N7O5. The minimum absolute atomic E-state index is 0.141. The number of likely N-dealkylation sites (tertiary alicyclic amines) is 1. The SMILES string of the molecule is COc1cc(-n2ncc3c(-c4cccc(Nc5nc(C(F)F)nc6cc(CN7CC[C@@H](C(=O)O)C7)cnc56)c4C)cccc32)cc(OC)c1C=O. The predicted molar refractivity (Wildman–Crippen MR) is 186 cm³/mol. The number of rotatable bonds is 11. The number of benzene rings is 3. The number of hydrogen-bond acceptors (Lipinski definition) is 10. The second-order valence-corrected chi connectivity index (χ2v) is 12.3. The van der Waals surface area contributed by atoms with Crippen LogP contribution in [0.5, 0.6) is 11.5 Å². The van der Waals surface area contributed by atoms with Crippen molar-refractivity contribution < 1.29 is 33.0 Å². The van der Waals surface area contributed by atoms with Crippen molar-refractivity contribution in [1.29, 1.82) is 0 Å². The number of ether oxygens (including phenoxy) is 2. The van der Waals surface area contributed by atoms with Gasteiger partial charge in [0.15, 0.2) is 17.9 Å². The van der Waals surface area contributed by atoms with Gasteiger partial charge in [-0.25, -0.2) is 23.4 Å². The van der Waals surface area contributed by atoms with Crippen molar-refractivity contribution in [2.45, 2.75) is 26.3 Å².